The summed E-state index contributed by atoms with van der Waals surface area (Å²) in [6.45, 7) is 7.98. The summed E-state index contributed by atoms with van der Waals surface area (Å²) < 4.78 is 0. The molecule has 10 heteroatoms. The van der Waals surface area contributed by atoms with E-state index >= 15 is 0 Å². The fourth-order valence-corrected chi connectivity index (χ4v) is 4.02. The molecule has 4 rings (SSSR count). The Morgan fingerprint density at radius 1 is 0.935 bits per heavy atom. The monoisotopic (exact) mass is 425 g/mol. The van der Waals surface area contributed by atoms with E-state index in [1.165, 1.54) is 12.1 Å². The molecule has 0 unspecified atom stereocenters. The number of carbonyl (C=O) groups is 1. The Balaban J connectivity index is 1.44. The molecule has 0 bridgehead atoms. The van der Waals surface area contributed by atoms with Crippen LogP contribution in [0.15, 0.2) is 30.3 Å². The minimum absolute atomic E-state index is 0.135. The first-order chi connectivity index (χ1) is 14.9. The zero-order valence-corrected chi connectivity index (χ0v) is 17.9. The molecule has 2 fully saturated rings. The molecule has 0 radical (unpaired) electrons. The summed E-state index contributed by atoms with van der Waals surface area (Å²) in [6, 6.07) is 8.14. The van der Waals surface area contributed by atoms with Crippen molar-refractivity contribution in [3.8, 4) is 0 Å². The van der Waals surface area contributed by atoms with Crippen LogP contribution in [-0.4, -0.2) is 90.0 Å². The number of piperazine rings is 2. The smallest absolute Gasteiger partial charge is 0.282 e. The topological polar surface area (TPSA) is 99.0 Å². The van der Waals surface area contributed by atoms with Crippen molar-refractivity contribution in [1.29, 1.82) is 0 Å². The van der Waals surface area contributed by atoms with Gasteiger partial charge in [-0.15, -0.1) is 0 Å². The number of hydrogen-bond acceptors (Lipinski definition) is 8. The van der Waals surface area contributed by atoms with Gasteiger partial charge in [-0.25, -0.2) is 9.97 Å². The van der Waals surface area contributed by atoms with Crippen LogP contribution in [0.25, 0.3) is 0 Å². The Kier molecular flexibility index (Phi) is 5.99. The molecule has 0 saturated carbocycles. The molecule has 2 aliphatic heterocycles. The number of nitro benzene ring substituents is 1. The predicted octanol–water partition coefficient (Wildman–Crippen LogP) is 1.41. The molecule has 1 amide bonds. The molecule has 0 N–H and O–H groups in total. The van der Waals surface area contributed by atoms with Crippen molar-refractivity contribution < 1.29 is 9.72 Å². The Bertz CT molecular complexity index is 967. The number of hydrogen-bond donors (Lipinski definition) is 0. The lowest BCUT2D eigenvalue weighted by molar-refractivity contribution is -0.385. The molecule has 2 aliphatic rings. The molecule has 0 atom stereocenters. The van der Waals surface area contributed by atoms with Gasteiger partial charge < -0.3 is 19.6 Å². The third-order valence-electron chi connectivity index (χ3n) is 5.86. The van der Waals surface area contributed by atoms with Crippen LogP contribution in [0.3, 0.4) is 0 Å². The summed E-state index contributed by atoms with van der Waals surface area (Å²) in [5.74, 6) is 2.22. The lowest BCUT2D eigenvalue weighted by Crippen LogP contribution is -2.49. The number of benzene rings is 1. The van der Waals surface area contributed by atoms with E-state index in [9.17, 15) is 14.9 Å². The van der Waals surface area contributed by atoms with Crippen LogP contribution in [-0.2, 0) is 0 Å². The first kappa shape index (κ1) is 21.0. The lowest BCUT2D eigenvalue weighted by atomic mass is 10.1. The third kappa shape index (κ3) is 4.58. The minimum atomic E-state index is -0.507. The summed E-state index contributed by atoms with van der Waals surface area (Å²) in [5, 5.41) is 11.3. The standard InChI is InChI=1S/C21H27N7O3/c1-16-22-19(25-9-7-24(2)8-10-25)15-20(23-16)26-11-13-27(14-12-26)21(29)17-5-3-4-6-18(17)28(30)31/h3-6,15H,7-14H2,1-2H3. The average Bonchev–Trinajstić information content (AvgIpc) is 2.78. The van der Waals surface area contributed by atoms with Crippen LogP contribution in [0.4, 0.5) is 17.3 Å². The molecule has 10 nitrogen and oxygen atoms in total. The molecule has 3 heterocycles. The number of nitro groups is 1. The SMILES string of the molecule is Cc1nc(N2CCN(C)CC2)cc(N2CCN(C(=O)c3ccccc3[N+](=O)[O-])CC2)n1. The van der Waals surface area contributed by atoms with E-state index in [2.05, 4.69) is 31.7 Å². The molecular weight excluding hydrogens is 398 g/mol. The van der Waals surface area contributed by atoms with E-state index in [-0.39, 0.29) is 17.2 Å². The molecule has 31 heavy (non-hydrogen) atoms. The number of anilines is 2. The minimum Gasteiger partial charge on any atom is -0.354 e. The third-order valence-corrected chi connectivity index (χ3v) is 5.86. The molecule has 1 aromatic carbocycles. The highest BCUT2D eigenvalue weighted by molar-refractivity contribution is 5.98. The number of para-hydroxylation sites is 1. The van der Waals surface area contributed by atoms with Gasteiger partial charge in [0.05, 0.1) is 4.92 Å². The molecule has 1 aromatic heterocycles. The van der Waals surface area contributed by atoms with Gasteiger partial charge in [0.1, 0.15) is 23.0 Å². The first-order valence-corrected chi connectivity index (χ1v) is 10.5. The van der Waals surface area contributed by atoms with Crippen LogP contribution >= 0.6 is 0 Å². The largest absolute Gasteiger partial charge is 0.354 e. The van der Waals surface area contributed by atoms with Gasteiger partial charge in [-0.05, 0) is 20.0 Å². The number of amides is 1. The van der Waals surface area contributed by atoms with Crippen molar-refractivity contribution in [2.45, 2.75) is 6.92 Å². The Morgan fingerprint density at radius 2 is 1.48 bits per heavy atom. The lowest BCUT2D eigenvalue weighted by Gasteiger charge is -2.36. The molecule has 0 aliphatic carbocycles. The first-order valence-electron chi connectivity index (χ1n) is 10.5. The van der Waals surface area contributed by atoms with Crippen molar-refractivity contribution in [2.75, 3.05) is 69.2 Å². The highest BCUT2D eigenvalue weighted by Crippen LogP contribution is 2.24. The summed E-state index contributed by atoms with van der Waals surface area (Å²) in [6.07, 6.45) is 0. The maximum atomic E-state index is 12.9. The van der Waals surface area contributed by atoms with Crippen molar-refractivity contribution in [2.24, 2.45) is 0 Å². The zero-order valence-electron chi connectivity index (χ0n) is 17.9. The van der Waals surface area contributed by atoms with E-state index in [0.717, 1.165) is 43.6 Å². The van der Waals surface area contributed by atoms with Crippen LogP contribution in [0, 0.1) is 17.0 Å². The van der Waals surface area contributed by atoms with Crippen LogP contribution < -0.4 is 9.80 Å². The normalized spacial score (nSPS) is 17.7. The van der Waals surface area contributed by atoms with Gasteiger partial charge in [-0.1, -0.05) is 12.1 Å². The van der Waals surface area contributed by atoms with Gasteiger partial charge in [0, 0.05) is 64.5 Å². The van der Waals surface area contributed by atoms with E-state index < -0.39 is 4.92 Å². The maximum absolute atomic E-state index is 12.9. The van der Waals surface area contributed by atoms with Gasteiger partial charge in [-0.3, -0.25) is 14.9 Å². The number of likely N-dealkylation sites (N-methyl/N-ethyl adjacent to an activating group) is 1. The van der Waals surface area contributed by atoms with Crippen molar-refractivity contribution >= 4 is 23.2 Å². The Hall–Kier alpha value is -3.27. The number of aromatic nitrogens is 2. The summed E-state index contributed by atoms with van der Waals surface area (Å²) >= 11 is 0. The summed E-state index contributed by atoms with van der Waals surface area (Å²) in [4.78, 5) is 41.3. The van der Waals surface area contributed by atoms with Gasteiger partial charge in [0.2, 0.25) is 0 Å². The predicted molar refractivity (Wildman–Crippen MR) is 118 cm³/mol. The quantitative estimate of drug-likeness (QED) is 0.536. The molecule has 2 saturated heterocycles. The summed E-state index contributed by atoms with van der Waals surface area (Å²) in [7, 11) is 2.12. The van der Waals surface area contributed by atoms with Crippen molar-refractivity contribution in [1.82, 2.24) is 19.8 Å². The Morgan fingerprint density at radius 3 is 2.06 bits per heavy atom. The number of nitrogens with zero attached hydrogens (tertiary/aromatic N) is 7. The number of rotatable bonds is 4. The van der Waals surface area contributed by atoms with Gasteiger partial charge in [0.15, 0.2) is 0 Å². The van der Waals surface area contributed by atoms with Crippen LogP contribution in [0.2, 0.25) is 0 Å². The van der Waals surface area contributed by atoms with Crippen molar-refractivity contribution in [3.05, 3.63) is 51.8 Å². The highest BCUT2D eigenvalue weighted by Gasteiger charge is 2.28. The zero-order chi connectivity index (χ0) is 22.0. The fraction of sp³-hybridized carbons (Fsp3) is 0.476. The van der Waals surface area contributed by atoms with Gasteiger partial charge in [0.25, 0.3) is 11.6 Å². The van der Waals surface area contributed by atoms with Gasteiger partial charge in [-0.2, -0.15) is 0 Å². The number of aryl methyl sites for hydroxylation is 1. The maximum Gasteiger partial charge on any atom is 0.282 e. The second-order valence-corrected chi connectivity index (χ2v) is 7.98. The van der Waals surface area contributed by atoms with Gasteiger partial charge >= 0.3 is 0 Å². The van der Waals surface area contributed by atoms with Crippen LogP contribution in [0.1, 0.15) is 16.2 Å². The summed E-state index contributed by atoms with van der Waals surface area (Å²) in [5.41, 5.74) is -0.0191. The molecule has 2 aromatic rings. The second kappa shape index (κ2) is 8.84. The van der Waals surface area contributed by atoms with E-state index in [1.54, 1.807) is 17.0 Å². The van der Waals surface area contributed by atoms with E-state index in [4.69, 9.17) is 0 Å². The second-order valence-electron chi connectivity index (χ2n) is 7.98. The Labute approximate surface area is 181 Å². The molecular formula is C21H27N7O3. The fourth-order valence-electron chi connectivity index (χ4n) is 4.02. The molecule has 164 valence electrons. The molecule has 0 spiro atoms. The van der Waals surface area contributed by atoms with Crippen LogP contribution in [0.5, 0.6) is 0 Å². The highest BCUT2D eigenvalue weighted by atomic mass is 16.6. The van der Waals surface area contributed by atoms with E-state index in [1.807, 2.05) is 13.0 Å². The van der Waals surface area contributed by atoms with Crippen molar-refractivity contribution in [3.63, 3.8) is 0 Å². The average molecular weight is 425 g/mol. The number of carbonyl (C=O) groups excluding carboxylic acids is 1. The van der Waals surface area contributed by atoms with E-state index in [0.29, 0.717) is 26.2 Å².